The molecule has 0 aromatic carbocycles. The topological polar surface area (TPSA) is 69.7 Å². The first-order valence-electron chi connectivity index (χ1n) is 11.2. The van der Waals surface area contributed by atoms with Crippen LogP contribution in [0.25, 0.3) is 0 Å². The molecule has 0 heterocycles. The molecule has 0 N–H and O–H groups in total. The quantitative estimate of drug-likeness (QED) is 0.660. The summed E-state index contributed by atoms with van der Waals surface area (Å²) in [4.78, 5) is 36.6. The van der Waals surface area contributed by atoms with E-state index in [-0.39, 0.29) is 46.6 Å². The minimum absolute atomic E-state index is 0.0186. The number of ketones is 1. The Bertz CT molecular complexity index is 756. The highest BCUT2D eigenvalue weighted by Crippen LogP contribution is 2.77. The van der Waals surface area contributed by atoms with Crippen molar-refractivity contribution in [3.05, 3.63) is 0 Å². The van der Waals surface area contributed by atoms with Crippen LogP contribution < -0.4 is 0 Å². The Balaban J connectivity index is 1.76. The number of fused-ring (bicyclic) bond motifs is 6. The summed E-state index contributed by atoms with van der Waals surface area (Å²) in [7, 11) is 0. The van der Waals surface area contributed by atoms with Crippen LogP contribution in [0, 0.1) is 46.3 Å². The molecule has 29 heavy (non-hydrogen) atoms. The van der Waals surface area contributed by atoms with Crippen molar-refractivity contribution in [2.24, 2.45) is 46.3 Å². The van der Waals surface area contributed by atoms with E-state index in [4.69, 9.17) is 9.47 Å². The summed E-state index contributed by atoms with van der Waals surface area (Å²) in [5, 5.41) is 0. The first-order chi connectivity index (χ1) is 13.3. The molecular weight excluding hydrogens is 368 g/mol. The summed E-state index contributed by atoms with van der Waals surface area (Å²) in [6, 6.07) is 0. The third kappa shape index (κ3) is 2.75. The lowest BCUT2D eigenvalue weighted by Gasteiger charge is -2.69. The zero-order valence-electron chi connectivity index (χ0n) is 18.9. The van der Waals surface area contributed by atoms with Crippen LogP contribution in [0.2, 0.25) is 0 Å². The van der Waals surface area contributed by atoms with Crippen LogP contribution in [0.4, 0.5) is 0 Å². The predicted octanol–water partition coefficient (Wildman–Crippen LogP) is 4.17. The number of Topliss-reactive ketones (excluding diaryl/α,β-unsaturated/α-hetero) is 1. The first kappa shape index (κ1) is 20.9. The largest absolute Gasteiger partial charge is 0.462 e. The maximum Gasteiger partial charge on any atom is 0.303 e. The normalized spacial score (nSPS) is 48.2. The van der Waals surface area contributed by atoms with E-state index >= 15 is 0 Å². The van der Waals surface area contributed by atoms with Crippen LogP contribution >= 0.6 is 0 Å². The SMILES string of the molecule is CC(=O)O[C@H]1C[C@]2(C)[C@@H]([C@H]3[C@H](C)CC(=O)[C@H]32)[C@@]2(C)CC[C@@H](C(C)(C)OC(C)=O)[C@H]12. The first-order valence-corrected chi connectivity index (χ1v) is 11.2. The molecule has 0 spiro atoms. The zero-order valence-corrected chi connectivity index (χ0v) is 18.9. The van der Waals surface area contributed by atoms with Crippen molar-refractivity contribution in [3.8, 4) is 0 Å². The van der Waals surface area contributed by atoms with Crippen molar-refractivity contribution in [1.82, 2.24) is 0 Å². The smallest absolute Gasteiger partial charge is 0.303 e. The number of carbonyl (C=O) groups excluding carboxylic acids is 3. The molecule has 0 bridgehead atoms. The Hall–Kier alpha value is -1.39. The Kier molecular flexibility index (Phi) is 4.54. The van der Waals surface area contributed by atoms with Crippen LogP contribution in [-0.2, 0) is 23.9 Å². The fourth-order valence-corrected chi connectivity index (χ4v) is 8.85. The second kappa shape index (κ2) is 6.31. The van der Waals surface area contributed by atoms with Crippen molar-refractivity contribution in [2.45, 2.75) is 85.9 Å². The van der Waals surface area contributed by atoms with Gasteiger partial charge in [-0.25, -0.2) is 0 Å². The molecule has 0 radical (unpaired) electrons. The van der Waals surface area contributed by atoms with E-state index in [1.165, 1.54) is 13.8 Å². The van der Waals surface area contributed by atoms with Crippen LogP contribution in [0.5, 0.6) is 0 Å². The monoisotopic (exact) mass is 404 g/mol. The Morgan fingerprint density at radius 3 is 2.34 bits per heavy atom. The van der Waals surface area contributed by atoms with E-state index < -0.39 is 5.60 Å². The standard InChI is InChI=1S/C24H36O5/c1-12-10-16(27)20-18(12)21-23(6)9-8-15(22(4,5)29-14(3)26)19(23)17(28-13(2)25)11-24(20,21)7/h12,15,17-21H,8-11H2,1-7H3/t12-,15-,17+,18+,19-,20-,21+,23+,24+/m1/s1. The lowest BCUT2D eigenvalue weighted by atomic mass is 9.34. The maximum atomic E-state index is 12.8. The highest BCUT2D eigenvalue weighted by molar-refractivity contribution is 5.86. The molecule has 5 nitrogen and oxygen atoms in total. The van der Waals surface area contributed by atoms with E-state index in [1.54, 1.807) is 0 Å². The van der Waals surface area contributed by atoms with Gasteiger partial charge in [0.2, 0.25) is 0 Å². The molecule has 4 aliphatic rings. The summed E-state index contributed by atoms with van der Waals surface area (Å²) >= 11 is 0. The Labute approximate surface area is 174 Å². The van der Waals surface area contributed by atoms with Crippen molar-refractivity contribution < 1.29 is 23.9 Å². The van der Waals surface area contributed by atoms with Crippen molar-refractivity contribution in [1.29, 1.82) is 0 Å². The van der Waals surface area contributed by atoms with Crippen LogP contribution in [0.15, 0.2) is 0 Å². The number of hydrogen-bond acceptors (Lipinski definition) is 5. The van der Waals surface area contributed by atoms with Crippen molar-refractivity contribution >= 4 is 17.7 Å². The maximum absolute atomic E-state index is 12.8. The van der Waals surface area contributed by atoms with E-state index in [1.807, 2.05) is 13.8 Å². The molecule has 0 aromatic rings. The van der Waals surface area contributed by atoms with Gasteiger partial charge >= 0.3 is 11.9 Å². The van der Waals surface area contributed by atoms with Crippen molar-refractivity contribution in [2.75, 3.05) is 0 Å². The fraction of sp³-hybridized carbons (Fsp3) is 0.875. The number of hydrogen-bond donors (Lipinski definition) is 0. The fourth-order valence-electron chi connectivity index (χ4n) is 8.85. The van der Waals surface area contributed by atoms with E-state index in [9.17, 15) is 14.4 Å². The third-order valence-corrected chi connectivity index (χ3v) is 9.28. The van der Waals surface area contributed by atoms with Crippen LogP contribution in [0.3, 0.4) is 0 Å². The predicted molar refractivity (Wildman–Crippen MR) is 108 cm³/mol. The number of esters is 2. The van der Waals surface area contributed by atoms with E-state index in [0.717, 1.165) is 19.3 Å². The highest BCUT2D eigenvalue weighted by atomic mass is 16.6. The molecule has 4 saturated carbocycles. The van der Waals surface area contributed by atoms with Gasteiger partial charge < -0.3 is 9.47 Å². The molecule has 4 fully saturated rings. The van der Waals surface area contributed by atoms with Gasteiger partial charge in [0.15, 0.2) is 0 Å². The average Bonchev–Trinajstić information content (AvgIpc) is 3.00. The molecule has 9 atom stereocenters. The second-order valence-corrected chi connectivity index (χ2v) is 11.4. The zero-order chi connectivity index (χ0) is 21.5. The highest BCUT2D eigenvalue weighted by Gasteiger charge is 2.76. The lowest BCUT2D eigenvalue weighted by Crippen LogP contribution is -2.69. The molecular formula is C24H36O5. The molecule has 0 amide bonds. The summed E-state index contributed by atoms with van der Waals surface area (Å²) in [6.07, 6.45) is 3.17. The molecule has 0 aromatic heterocycles. The van der Waals surface area contributed by atoms with Crippen molar-refractivity contribution in [3.63, 3.8) is 0 Å². The summed E-state index contributed by atoms with van der Waals surface area (Å²) in [6.45, 7) is 13.8. The third-order valence-electron chi connectivity index (χ3n) is 9.28. The number of ether oxygens (including phenoxy) is 2. The van der Waals surface area contributed by atoms with Gasteiger partial charge in [0.05, 0.1) is 0 Å². The minimum atomic E-state index is -0.610. The molecule has 0 saturated heterocycles. The average molecular weight is 405 g/mol. The van der Waals surface area contributed by atoms with Gasteiger partial charge in [-0.1, -0.05) is 20.8 Å². The number of carbonyl (C=O) groups is 3. The molecule has 0 unspecified atom stereocenters. The van der Waals surface area contributed by atoms with Gasteiger partial charge in [0.1, 0.15) is 17.5 Å². The Morgan fingerprint density at radius 2 is 1.76 bits per heavy atom. The van der Waals surface area contributed by atoms with E-state index in [0.29, 0.717) is 30.0 Å². The van der Waals surface area contributed by atoms with Crippen LogP contribution in [-0.4, -0.2) is 29.4 Å². The van der Waals surface area contributed by atoms with Crippen LogP contribution in [0.1, 0.15) is 74.1 Å². The van der Waals surface area contributed by atoms with Gasteiger partial charge in [-0.3, -0.25) is 14.4 Å². The van der Waals surface area contributed by atoms with Gasteiger partial charge in [0, 0.05) is 38.0 Å². The Morgan fingerprint density at radius 1 is 1.10 bits per heavy atom. The molecule has 5 heteroatoms. The summed E-state index contributed by atoms with van der Waals surface area (Å²) in [5.74, 6) is 1.57. The van der Waals surface area contributed by atoms with Gasteiger partial charge in [0.25, 0.3) is 0 Å². The number of rotatable bonds is 3. The molecule has 4 aliphatic carbocycles. The van der Waals surface area contributed by atoms with E-state index in [2.05, 4.69) is 20.8 Å². The van der Waals surface area contributed by atoms with Gasteiger partial charge in [-0.15, -0.1) is 0 Å². The van der Waals surface area contributed by atoms with Gasteiger partial charge in [-0.2, -0.15) is 0 Å². The molecule has 0 aliphatic heterocycles. The summed E-state index contributed by atoms with van der Waals surface area (Å²) in [5.41, 5.74) is -0.728. The summed E-state index contributed by atoms with van der Waals surface area (Å²) < 4.78 is 11.7. The lowest BCUT2D eigenvalue weighted by molar-refractivity contribution is -0.251. The second-order valence-electron chi connectivity index (χ2n) is 11.4. The minimum Gasteiger partial charge on any atom is -0.462 e. The van der Waals surface area contributed by atoms with Gasteiger partial charge in [-0.05, 0) is 61.7 Å². The molecule has 162 valence electrons. The molecule has 4 rings (SSSR count).